The first kappa shape index (κ1) is 45.3. The SMILES string of the molecule is Nc1nccc(-c2cnc3nc(C4COc5ccc(C(=O)NCCc6cccnc6)cc5C4)[nH]c3c2)n1.O=C(O)C(F)(F)F.O=C(O)C(F)(F)F.O=C(O)C(F)(F)F. The van der Waals surface area contributed by atoms with Gasteiger partial charge in [-0.05, 0) is 60.4 Å². The van der Waals surface area contributed by atoms with Crippen LogP contribution in [0.25, 0.3) is 22.4 Å². The number of hydrogen-bond donors (Lipinski definition) is 6. The van der Waals surface area contributed by atoms with Crippen LogP contribution < -0.4 is 15.8 Å². The number of halogens is 9. The van der Waals surface area contributed by atoms with Gasteiger partial charge in [-0.1, -0.05) is 6.07 Å². The predicted octanol–water partition coefficient (Wildman–Crippen LogP) is 4.98. The zero-order chi connectivity index (χ0) is 43.4. The van der Waals surface area contributed by atoms with E-state index in [1.54, 1.807) is 30.7 Å². The zero-order valence-electron chi connectivity index (χ0n) is 28.9. The van der Waals surface area contributed by atoms with Crippen molar-refractivity contribution in [2.24, 2.45) is 0 Å². The smallest absolute Gasteiger partial charge is 0.490 e. The number of amides is 1. The van der Waals surface area contributed by atoms with Crippen LogP contribution in [-0.4, -0.2) is 101 Å². The number of benzene rings is 1. The maximum Gasteiger partial charge on any atom is 0.490 e. The molecule has 0 saturated heterocycles. The number of ether oxygens (including phenoxy) is 1. The fourth-order valence-corrected chi connectivity index (χ4v) is 4.47. The highest BCUT2D eigenvalue weighted by Crippen LogP contribution is 2.33. The fourth-order valence-electron chi connectivity index (χ4n) is 4.47. The van der Waals surface area contributed by atoms with Crippen LogP contribution in [0.5, 0.6) is 5.75 Å². The number of hydrogen-bond acceptors (Lipinski definition) is 11. The first-order chi connectivity index (χ1) is 26.9. The van der Waals surface area contributed by atoms with Crippen molar-refractivity contribution in [3.05, 3.63) is 89.8 Å². The molecule has 1 unspecified atom stereocenters. The minimum absolute atomic E-state index is 0.00346. The molecule has 7 N–H and O–H groups in total. The van der Waals surface area contributed by atoms with Crippen molar-refractivity contribution in [1.82, 2.24) is 35.2 Å². The minimum atomic E-state index is -5.08. The van der Waals surface area contributed by atoms with Crippen LogP contribution in [0, 0.1) is 0 Å². The van der Waals surface area contributed by atoms with E-state index >= 15 is 0 Å². The quantitative estimate of drug-likeness (QED) is 0.123. The Bertz CT molecular complexity index is 2160. The summed E-state index contributed by atoms with van der Waals surface area (Å²) in [6.45, 7) is 1.02. The molecule has 1 amide bonds. The molecule has 1 aliphatic heterocycles. The summed E-state index contributed by atoms with van der Waals surface area (Å²) in [6.07, 6.45) is -6.94. The van der Waals surface area contributed by atoms with E-state index < -0.39 is 36.4 Å². The van der Waals surface area contributed by atoms with E-state index in [4.69, 9.17) is 45.2 Å². The van der Waals surface area contributed by atoms with E-state index in [1.807, 2.05) is 36.5 Å². The molecule has 4 aromatic heterocycles. The van der Waals surface area contributed by atoms with Gasteiger partial charge in [0.25, 0.3) is 5.91 Å². The van der Waals surface area contributed by atoms with Crippen molar-refractivity contribution in [3.8, 4) is 17.0 Å². The number of fused-ring (bicyclic) bond motifs is 2. The molecule has 25 heteroatoms. The third kappa shape index (κ3) is 13.9. The number of imidazole rings is 1. The lowest BCUT2D eigenvalue weighted by atomic mass is 9.94. The summed E-state index contributed by atoms with van der Waals surface area (Å²) in [5.41, 5.74) is 11.3. The van der Waals surface area contributed by atoms with Gasteiger partial charge in [-0.25, -0.2) is 34.3 Å². The van der Waals surface area contributed by atoms with Crippen LogP contribution in [-0.2, 0) is 27.2 Å². The zero-order valence-corrected chi connectivity index (χ0v) is 28.9. The molecule has 5 aromatic rings. The van der Waals surface area contributed by atoms with Crippen molar-refractivity contribution in [1.29, 1.82) is 0 Å². The molecule has 0 bridgehead atoms. The van der Waals surface area contributed by atoms with Crippen molar-refractivity contribution >= 4 is 40.9 Å². The Labute approximate surface area is 318 Å². The van der Waals surface area contributed by atoms with Crippen LogP contribution in [0.15, 0.2) is 67.3 Å². The normalized spacial score (nSPS) is 13.4. The number of carbonyl (C=O) groups is 4. The number of pyridine rings is 2. The lowest BCUT2D eigenvalue weighted by Crippen LogP contribution is -2.26. The van der Waals surface area contributed by atoms with Crippen molar-refractivity contribution in [2.75, 3.05) is 18.9 Å². The molecule has 1 aliphatic rings. The average molecular weight is 835 g/mol. The number of nitrogens with one attached hydrogen (secondary N) is 2. The van der Waals surface area contributed by atoms with Gasteiger partial charge in [0.05, 0.1) is 23.7 Å². The number of aliphatic carboxylic acids is 3. The summed E-state index contributed by atoms with van der Waals surface area (Å²) < 4.78 is 101. The number of nitrogens with two attached hydrogens (primary N) is 1. The van der Waals surface area contributed by atoms with E-state index in [-0.39, 0.29) is 17.8 Å². The molecule has 6 rings (SSSR count). The number of carbonyl (C=O) groups excluding carboxylic acids is 1. The topological polar surface area (TPSA) is 256 Å². The number of rotatable bonds is 6. The predicted molar refractivity (Wildman–Crippen MR) is 179 cm³/mol. The van der Waals surface area contributed by atoms with E-state index in [0.717, 1.165) is 40.2 Å². The van der Waals surface area contributed by atoms with E-state index in [0.29, 0.717) is 36.5 Å². The molecule has 0 aliphatic carbocycles. The Morgan fingerprint density at radius 1 is 0.828 bits per heavy atom. The van der Waals surface area contributed by atoms with Crippen molar-refractivity contribution in [3.63, 3.8) is 0 Å². The molecule has 0 saturated carbocycles. The highest BCUT2D eigenvalue weighted by atomic mass is 19.4. The van der Waals surface area contributed by atoms with Gasteiger partial charge in [0, 0.05) is 42.5 Å². The molecule has 0 spiro atoms. The van der Waals surface area contributed by atoms with Crippen LogP contribution in [0.4, 0.5) is 45.5 Å². The Hall–Kier alpha value is -7.08. The van der Waals surface area contributed by atoms with Gasteiger partial charge in [-0.2, -0.15) is 39.5 Å². The molecule has 58 heavy (non-hydrogen) atoms. The van der Waals surface area contributed by atoms with E-state index in [9.17, 15) is 44.3 Å². The molecule has 0 fully saturated rings. The van der Waals surface area contributed by atoms with Gasteiger partial charge >= 0.3 is 36.4 Å². The number of nitrogen functional groups attached to an aromatic ring is 1. The monoisotopic (exact) mass is 834 g/mol. The molecule has 1 atom stereocenters. The van der Waals surface area contributed by atoms with Crippen LogP contribution in [0.1, 0.15) is 33.2 Å². The largest absolute Gasteiger partial charge is 0.493 e. The lowest BCUT2D eigenvalue weighted by Gasteiger charge is -2.24. The standard InChI is InChI=1S/C27H24N8O2.3C2HF3O2/c28-27-31-9-6-21(34-27)19-12-22-25(32-14-19)35-24(33-22)20-11-18-10-17(3-4-23(18)37-15-20)26(36)30-8-5-16-2-1-7-29-13-16;3*3-2(4,5)1(6)7/h1-4,6-7,9-10,12-14,20H,5,8,11,15H2,(H,30,36)(H2,28,31,34)(H,32,33,35);3*(H,6,7). The van der Waals surface area contributed by atoms with E-state index in [2.05, 4.69) is 30.2 Å². The van der Waals surface area contributed by atoms with Gasteiger partial charge in [0.15, 0.2) is 5.65 Å². The highest BCUT2D eigenvalue weighted by Gasteiger charge is 2.39. The first-order valence-corrected chi connectivity index (χ1v) is 15.7. The molecule has 16 nitrogen and oxygen atoms in total. The number of anilines is 1. The van der Waals surface area contributed by atoms with Crippen molar-refractivity contribution in [2.45, 2.75) is 37.3 Å². The molecule has 310 valence electrons. The van der Waals surface area contributed by atoms with Gasteiger partial charge in [0.1, 0.15) is 11.6 Å². The summed E-state index contributed by atoms with van der Waals surface area (Å²) in [5.74, 6) is -6.59. The van der Waals surface area contributed by atoms with Crippen molar-refractivity contribution < 1.29 is 78.7 Å². The van der Waals surface area contributed by atoms with Gasteiger partial charge in [-0.3, -0.25) is 9.78 Å². The van der Waals surface area contributed by atoms with Crippen LogP contribution in [0.3, 0.4) is 0 Å². The van der Waals surface area contributed by atoms with Gasteiger partial charge < -0.3 is 36.1 Å². The molecular weight excluding hydrogens is 807 g/mol. The second-order valence-corrected chi connectivity index (χ2v) is 11.3. The molecule has 1 aromatic carbocycles. The average Bonchev–Trinajstić information content (AvgIpc) is 3.58. The molecular formula is C33H27F9N8O8. The summed E-state index contributed by atoms with van der Waals surface area (Å²) in [6, 6.07) is 13.2. The summed E-state index contributed by atoms with van der Waals surface area (Å²) in [7, 11) is 0. The highest BCUT2D eigenvalue weighted by molar-refractivity contribution is 5.94. The second-order valence-electron chi connectivity index (χ2n) is 11.3. The number of alkyl halides is 9. The maximum absolute atomic E-state index is 12.7. The number of aromatic nitrogens is 6. The van der Waals surface area contributed by atoms with Crippen LogP contribution >= 0.6 is 0 Å². The summed E-state index contributed by atoms with van der Waals surface area (Å²) >= 11 is 0. The maximum atomic E-state index is 12.7. The van der Waals surface area contributed by atoms with E-state index in [1.165, 1.54) is 0 Å². The Morgan fingerprint density at radius 2 is 1.45 bits per heavy atom. The number of aromatic amines is 1. The number of carboxylic acid groups (broad SMARTS) is 3. The lowest BCUT2D eigenvalue weighted by molar-refractivity contribution is -0.193. The minimum Gasteiger partial charge on any atom is -0.493 e. The fraction of sp³-hybridized carbons (Fsp3) is 0.242. The van der Waals surface area contributed by atoms with Crippen LogP contribution in [0.2, 0.25) is 0 Å². The third-order valence-electron chi connectivity index (χ3n) is 7.09. The molecule has 0 radical (unpaired) electrons. The summed E-state index contributed by atoms with van der Waals surface area (Å²) in [5, 5.41) is 24.4. The van der Waals surface area contributed by atoms with Gasteiger partial charge in [0.2, 0.25) is 5.95 Å². The Morgan fingerprint density at radius 3 is 2.00 bits per heavy atom. The Balaban J connectivity index is 0.000000353. The third-order valence-corrected chi connectivity index (χ3v) is 7.09. The summed E-state index contributed by atoms with van der Waals surface area (Å²) in [4.78, 5) is 64.3. The first-order valence-electron chi connectivity index (χ1n) is 15.7. The Kier molecular flexibility index (Phi) is 15.0. The number of nitrogens with zero attached hydrogens (tertiary/aromatic N) is 5. The number of carboxylic acids is 3. The second kappa shape index (κ2) is 19.2. The number of H-pyrrole nitrogens is 1. The van der Waals surface area contributed by atoms with Gasteiger partial charge in [-0.15, -0.1) is 0 Å². The molecule has 5 heterocycles.